The molecule has 1 aliphatic heterocycles. The van der Waals surface area contributed by atoms with Crippen molar-refractivity contribution in [2.45, 2.75) is 6.92 Å². The van der Waals surface area contributed by atoms with Gasteiger partial charge in [0.1, 0.15) is 17.1 Å². The fourth-order valence-corrected chi connectivity index (χ4v) is 3.89. The molecule has 1 saturated heterocycles. The summed E-state index contributed by atoms with van der Waals surface area (Å²) >= 11 is 11.5. The summed E-state index contributed by atoms with van der Waals surface area (Å²) in [5, 5.41) is 5.08. The van der Waals surface area contributed by atoms with E-state index >= 15 is 0 Å². The van der Waals surface area contributed by atoms with Crippen LogP contribution >= 0.6 is 23.8 Å². The molecule has 4 rings (SSSR count). The molecule has 0 aliphatic carbocycles. The predicted molar refractivity (Wildman–Crippen MR) is 139 cm³/mol. The van der Waals surface area contributed by atoms with Crippen molar-refractivity contribution in [2.75, 3.05) is 16.8 Å². The highest BCUT2D eigenvalue weighted by Gasteiger charge is 2.34. The van der Waals surface area contributed by atoms with E-state index in [9.17, 15) is 18.8 Å². The summed E-state index contributed by atoms with van der Waals surface area (Å²) in [4.78, 5) is 39.0. The Kier molecular flexibility index (Phi) is 7.42. The second kappa shape index (κ2) is 10.7. The first-order valence-electron chi connectivity index (χ1n) is 10.7. The highest BCUT2D eigenvalue weighted by Crippen LogP contribution is 2.28. The van der Waals surface area contributed by atoms with Crippen LogP contribution in [-0.2, 0) is 14.4 Å². The Bertz CT molecular complexity index is 1410. The molecule has 2 N–H and O–H groups in total. The van der Waals surface area contributed by atoms with Crippen molar-refractivity contribution in [2.24, 2.45) is 0 Å². The number of amides is 3. The molecule has 0 aromatic heterocycles. The molecular formula is C26H19ClFN3O4S. The van der Waals surface area contributed by atoms with Crippen LogP contribution in [-0.4, -0.2) is 29.4 Å². The molecule has 3 aromatic carbocycles. The van der Waals surface area contributed by atoms with Crippen LogP contribution < -0.4 is 20.3 Å². The molecule has 1 heterocycles. The van der Waals surface area contributed by atoms with Gasteiger partial charge in [-0.15, -0.1) is 0 Å². The van der Waals surface area contributed by atoms with E-state index in [1.807, 2.05) is 19.1 Å². The highest BCUT2D eigenvalue weighted by atomic mass is 35.5. The zero-order valence-corrected chi connectivity index (χ0v) is 20.5. The van der Waals surface area contributed by atoms with E-state index in [0.29, 0.717) is 11.3 Å². The monoisotopic (exact) mass is 523 g/mol. The van der Waals surface area contributed by atoms with Crippen molar-refractivity contribution < 1.29 is 23.5 Å². The number of benzene rings is 3. The van der Waals surface area contributed by atoms with Crippen LogP contribution in [0.3, 0.4) is 0 Å². The number of halogens is 2. The first-order valence-corrected chi connectivity index (χ1v) is 11.5. The summed E-state index contributed by atoms with van der Waals surface area (Å²) in [6.07, 6.45) is 1.39. The number of ether oxygens (including phenoxy) is 1. The molecule has 0 atom stereocenters. The van der Waals surface area contributed by atoms with Crippen molar-refractivity contribution in [3.8, 4) is 5.75 Å². The molecule has 7 nitrogen and oxygen atoms in total. The molecule has 182 valence electrons. The summed E-state index contributed by atoms with van der Waals surface area (Å²) in [5.41, 5.74) is 1.90. The Labute approximate surface area is 216 Å². The van der Waals surface area contributed by atoms with Gasteiger partial charge in [-0.2, -0.15) is 0 Å². The minimum absolute atomic E-state index is 0.0126. The van der Waals surface area contributed by atoms with E-state index in [0.717, 1.165) is 5.56 Å². The number of carbonyl (C=O) groups excluding carboxylic acids is 3. The van der Waals surface area contributed by atoms with Gasteiger partial charge < -0.3 is 10.1 Å². The van der Waals surface area contributed by atoms with Crippen molar-refractivity contribution in [1.82, 2.24) is 5.32 Å². The van der Waals surface area contributed by atoms with Crippen LogP contribution in [0.1, 0.15) is 11.1 Å². The van der Waals surface area contributed by atoms with Gasteiger partial charge in [0.25, 0.3) is 17.7 Å². The van der Waals surface area contributed by atoms with Crippen molar-refractivity contribution in [3.05, 3.63) is 94.3 Å². The molecular weight excluding hydrogens is 505 g/mol. The maximum atomic E-state index is 13.7. The fourth-order valence-electron chi connectivity index (χ4n) is 3.37. The number of nitrogens with one attached hydrogen (secondary N) is 2. The third kappa shape index (κ3) is 5.59. The second-order valence-corrected chi connectivity index (χ2v) is 8.59. The van der Waals surface area contributed by atoms with E-state index in [1.165, 1.54) is 41.3 Å². The Hall–Kier alpha value is -4.08. The average Bonchev–Trinajstić information content (AvgIpc) is 2.84. The van der Waals surface area contributed by atoms with Crippen molar-refractivity contribution >= 4 is 64.1 Å². The molecule has 3 aromatic rings. The number of anilines is 2. The number of para-hydroxylation sites is 1. The summed E-state index contributed by atoms with van der Waals surface area (Å²) in [5.74, 6) is -2.14. The molecule has 0 bridgehead atoms. The van der Waals surface area contributed by atoms with Crippen LogP contribution in [0.2, 0.25) is 5.02 Å². The topological polar surface area (TPSA) is 87.7 Å². The minimum Gasteiger partial charge on any atom is -0.482 e. The van der Waals surface area contributed by atoms with Gasteiger partial charge in [0, 0.05) is 0 Å². The molecule has 1 aliphatic rings. The highest BCUT2D eigenvalue weighted by molar-refractivity contribution is 7.80. The zero-order chi connectivity index (χ0) is 25.8. The summed E-state index contributed by atoms with van der Waals surface area (Å²) in [6, 6.07) is 17.5. The van der Waals surface area contributed by atoms with Gasteiger partial charge in [-0.3, -0.25) is 24.6 Å². The van der Waals surface area contributed by atoms with Gasteiger partial charge in [0.15, 0.2) is 11.7 Å². The summed E-state index contributed by atoms with van der Waals surface area (Å²) in [6.45, 7) is 1.51. The summed E-state index contributed by atoms with van der Waals surface area (Å²) in [7, 11) is 0. The quantitative estimate of drug-likeness (QED) is 0.279. The lowest BCUT2D eigenvalue weighted by Crippen LogP contribution is -2.54. The Morgan fingerprint density at radius 1 is 1.14 bits per heavy atom. The lowest BCUT2D eigenvalue weighted by molar-refractivity contribution is -0.122. The molecule has 0 spiro atoms. The molecule has 1 fully saturated rings. The molecule has 0 unspecified atom stereocenters. The van der Waals surface area contributed by atoms with Crippen molar-refractivity contribution in [1.29, 1.82) is 0 Å². The SMILES string of the molecule is Cc1ccc(N2C(=O)/C(=C/c3ccc(OCC(=O)Nc4ccccc4F)c(Cl)c3)C(=O)NC2=S)cc1. The first-order chi connectivity index (χ1) is 17.2. The summed E-state index contributed by atoms with van der Waals surface area (Å²) < 4.78 is 19.1. The Balaban J connectivity index is 1.48. The van der Waals surface area contributed by atoms with Crippen LogP contribution in [0.25, 0.3) is 6.08 Å². The third-order valence-electron chi connectivity index (χ3n) is 5.17. The third-order valence-corrected chi connectivity index (χ3v) is 5.75. The lowest BCUT2D eigenvalue weighted by atomic mass is 10.1. The molecule has 0 radical (unpaired) electrons. The maximum Gasteiger partial charge on any atom is 0.270 e. The van der Waals surface area contributed by atoms with Gasteiger partial charge in [0.05, 0.1) is 16.4 Å². The fraction of sp³-hybridized carbons (Fsp3) is 0.0769. The van der Waals surface area contributed by atoms with E-state index in [1.54, 1.807) is 24.3 Å². The Morgan fingerprint density at radius 2 is 1.86 bits per heavy atom. The number of rotatable bonds is 6. The molecule has 0 saturated carbocycles. The van der Waals surface area contributed by atoms with Gasteiger partial charge >= 0.3 is 0 Å². The van der Waals surface area contributed by atoms with E-state index in [2.05, 4.69) is 10.6 Å². The van der Waals surface area contributed by atoms with Gasteiger partial charge in [-0.05, 0) is 67.2 Å². The van der Waals surface area contributed by atoms with Gasteiger partial charge in [-0.1, -0.05) is 47.5 Å². The number of hydrogen-bond acceptors (Lipinski definition) is 5. The standard InChI is InChI=1S/C26H19ClFN3O4S/c1-15-6-9-17(10-7-15)31-25(34)18(24(33)30-26(31)36)12-16-8-11-22(19(27)13-16)35-14-23(32)29-21-5-3-2-4-20(21)28/h2-13H,14H2,1H3,(H,29,32)(H,30,33,36)/b18-12+. The number of thiocarbonyl (C=S) groups is 1. The number of carbonyl (C=O) groups is 3. The lowest BCUT2D eigenvalue weighted by Gasteiger charge is -2.29. The number of hydrogen-bond donors (Lipinski definition) is 2. The van der Waals surface area contributed by atoms with Crippen LogP contribution in [0.5, 0.6) is 5.75 Å². The van der Waals surface area contributed by atoms with E-state index in [-0.39, 0.29) is 27.1 Å². The van der Waals surface area contributed by atoms with Gasteiger partial charge in [-0.25, -0.2) is 4.39 Å². The van der Waals surface area contributed by atoms with Crippen LogP contribution in [0.4, 0.5) is 15.8 Å². The van der Waals surface area contributed by atoms with Crippen molar-refractivity contribution in [3.63, 3.8) is 0 Å². The first kappa shape index (κ1) is 25.0. The smallest absolute Gasteiger partial charge is 0.270 e. The van der Waals surface area contributed by atoms with Crippen LogP contribution in [0, 0.1) is 12.7 Å². The molecule has 10 heteroatoms. The molecule has 36 heavy (non-hydrogen) atoms. The number of nitrogens with zero attached hydrogens (tertiary/aromatic N) is 1. The Morgan fingerprint density at radius 3 is 2.56 bits per heavy atom. The van der Waals surface area contributed by atoms with Gasteiger partial charge in [0.2, 0.25) is 0 Å². The molecule has 3 amide bonds. The normalized spacial score (nSPS) is 14.6. The zero-order valence-electron chi connectivity index (χ0n) is 18.9. The van der Waals surface area contributed by atoms with E-state index < -0.39 is 30.1 Å². The minimum atomic E-state index is -0.630. The predicted octanol–water partition coefficient (Wildman–Crippen LogP) is 4.64. The second-order valence-electron chi connectivity index (χ2n) is 7.80. The largest absolute Gasteiger partial charge is 0.482 e. The average molecular weight is 524 g/mol. The van der Waals surface area contributed by atoms with Crippen LogP contribution in [0.15, 0.2) is 72.3 Å². The maximum absolute atomic E-state index is 13.7. The van der Waals surface area contributed by atoms with E-state index in [4.69, 9.17) is 28.6 Å². The number of aryl methyl sites for hydroxylation is 1.